The van der Waals surface area contributed by atoms with Crippen molar-refractivity contribution < 1.29 is 43.0 Å². The summed E-state index contributed by atoms with van der Waals surface area (Å²) in [4.78, 5) is 97.1. The Hall–Kier alpha value is -5.47. The molecule has 330 valence electrons. The molecule has 1 fully saturated rings. The highest BCUT2D eigenvalue weighted by atomic mass is 16.5. The Bertz CT molecular complexity index is 1680. The third-order valence-corrected chi connectivity index (χ3v) is 10.1. The van der Waals surface area contributed by atoms with Crippen LogP contribution in [0.25, 0.3) is 0 Å². The molecule has 60 heavy (non-hydrogen) atoms. The molecular formula is C45H66N6O9. The molecule has 2 aromatic rings. The van der Waals surface area contributed by atoms with Gasteiger partial charge in [-0.25, -0.2) is 9.59 Å². The molecule has 0 aromatic heterocycles. The van der Waals surface area contributed by atoms with Gasteiger partial charge < -0.3 is 41.0 Å². The Morgan fingerprint density at radius 3 is 1.63 bits per heavy atom. The largest absolute Gasteiger partial charge is 0.461 e. The first-order valence-electron chi connectivity index (χ1n) is 21.4. The van der Waals surface area contributed by atoms with E-state index in [1.54, 1.807) is 55.1 Å². The van der Waals surface area contributed by atoms with Crippen LogP contribution in [0.3, 0.4) is 0 Å². The van der Waals surface area contributed by atoms with E-state index < -0.39 is 78.6 Å². The summed E-state index contributed by atoms with van der Waals surface area (Å²) >= 11 is 0. The van der Waals surface area contributed by atoms with Gasteiger partial charge in [0.1, 0.15) is 37.4 Å². The number of nitrogens with one attached hydrogen (secondary N) is 5. The lowest BCUT2D eigenvalue weighted by atomic mass is 10.0. The minimum absolute atomic E-state index is 0.0332. The highest BCUT2D eigenvalue weighted by Gasteiger charge is 2.36. The Kier molecular flexibility index (Phi) is 21.1. The molecule has 0 saturated carbocycles. The molecular weight excluding hydrogens is 769 g/mol. The number of hydrogen-bond donors (Lipinski definition) is 5. The lowest BCUT2D eigenvalue weighted by Crippen LogP contribution is -2.60. The molecule has 15 heteroatoms. The lowest BCUT2D eigenvalue weighted by Gasteiger charge is -2.28. The van der Waals surface area contributed by atoms with E-state index in [9.17, 15) is 33.6 Å². The minimum atomic E-state index is -1.59. The van der Waals surface area contributed by atoms with Gasteiger partial charge in [0.15, 0.2) is 0 Å². The van der Waals surface area contributed by atoms with Crippen molar-refractivity contribution in [1.29, 1.82) is 0 Å². The summed E-state index contributed by atoms with van der Waals surface area (Å²) in [6, 6.07) is 12.0. The summed E-state index contributed by atoms with van der Waals surface area (Å²) < 4.78 is 11.0. The quantitative estimate of drug-likeness (QED) is 0.0933. The summed E-state index contributed by atoms with van der Waals surface area (Å²) in [7, 11) is 0. The Labute approximate surface area is 354 Å². The highest BCUT2D eigenvalue weighted by Crippen LogP contribution is 2.14. The predicted molar refractivity (Wildman–Crippen MR) is 227 cm³/mol. The second-order valence-electron chi connectivity index (χ2n) is 16.2. The fourth-order valence-corrected chi connectivity index (χ4v) is 6.86. The molecule has 1 aliphatic heterocycles. The maximum Gasteiger partial charge on any atom is 0.328 e. The minimum Gasteiger partial charge on any atom is -0.461 e. The SMILES string of the molecule is CCCC(CCC)NC(=O)N[C@H](C(=O)N[C@@H](CC(=O)N1CCCC1)C(=O)N[C@@H](CC(=O)OCc1ccccc1)C(=O)N[C@@H](CC(C)C)C(=O)OCc1ccccc1)C(C)C. The third-order valence-electron chi connectivity index (χ3n) is 10.1. The molecule has 0 aliphatic carbocycles. The molecule has 6 amide bonds. The molecule has 15 nitrogen and oxygen atoms in total. The smallest absolute Gasteiger partial charge is 0.328 e. The Balaban J connectivity index is 1.88. The second kappa shape index (κ2) is 25.9. The second-order valence-corrected chi connectivity index (χ2v) is 16.2. The van der Waals surface area contributed by atoms with Crippen LogP contribution < -0.4 is 26.6 Å². The van der Waals surface area contributed by atoms with E-state index in [1.807, 2.05) is 52.0 Å². The highest BCUT2D eigenvalue weighted by molar-refractivity contribution is 5.98. The number of esters is 2. The molecule has 0 spiro atoms. The van der Waals surface area contributed by atoms with Crippen LogP contribution in [-0.4, -0.2) is 89.8 Å². The van der Waals surface area contributed by atoms with Crippen molar-refractivity contribution in [3.8, 4) is 0 Å². The van der Waals surface area contributed by atoms with Crippen LogP contribution in [0.2, 0.25) is 0 Å². The number of carbonyl (C=O) groups excluding carboxylic acids is 7. The van der Waals surface area contributed by atoms with Gasteiger partial charge in [-0.2, -0.15) is 0 Å². The summed E-state index contributed by atoms with van der Waals surface area (Å²) in [5.74, 6) is -4.88. The summed E-state index contributed by atoms with van der Waals surface area (Å²) in [6.45, 7) is 12.1. The summed E-state index contributed by atoms with van der Waals surface area (Å²) in [5.41, 5.74) is 1.45. The van der Waals surface area contributed by atoms with Crippen molar-refractivity contribution >= 4 is 41.6 Å². The number of likely N-dealkylation sites (tertiary alicyclic amines) is 1. The van der Waals surface area contributed by atoms with Gasteiger partial charge in [-0.1, -0.05) is 115 Å². The maximum atomic E-state index is 14.2. The zero-order chi connectivity index (χ0) is 44.0. The van der Waals surface area contributed by atoms with E-state index >= 15 is 0 Å². The molecule has 0 bridgehead atoms. The van der Waals surface area contributed by atoms with Gasteiger partial charge in [0, 0.05) is 19.1 Å². The van der Waals surface area contributed by atoms with Gasteiger partial charge in [0.25, 0.3) is 0 Å². The standard InChI is InChI=1S/C45H66N6O9/c1-7-17-34(18-8-2)46-45(58)50-40(31(5)6)43(56)48-35(26-38(52)51-23-15-16-24-51)41(54)47-36(27-39(53)59-28-32-19-11-9-12-20-32)42(55)49-37(25-30(3)4)44(57)60-29-33-21-13-10-14-22-33/h9-14,19-22,30-31,34-37,40H,7-8,15-18,23-29H2,1-6H3,(H,47,54)(H,48,56)(H,49,55)(H2,46,50,58)/t35-,36-,37-,40-/m0/s1. The molecule has 0 radical (unpaired) electrons. The van der Waals surface area contributed by atoms with Gasteiger partial charge in [-0.15, -0.1) is 0 Å². The Morgan fingerprint density at radius 2 is 1.12 bits per heavy atom. The van der Waals surface area contributed by atoms with Gasteiger partial charge >= 0.3 is 18.0 Å². The zero-order valence-electron chi connectivity index (χ0n) is 36.1. The molecule has 1 saturated heterocycles. The number of amides is 6. The number of rotatable bonds is 24. The predicted octanol–water partition coefficient (Wildman–Crippen LogP) is 4.67. The van der Waals surface area contributed by atoms with Crippen molar-refractivity contribution in [2.24, 2.45) is 11.8 Å². The topological polar surface area (TPSA) is 201 Å². The first kappa shape index (κ1) is 48.9. The van der Waals surface area contributed by atoms with Gasteiger partial charge in [-0.3, -0.25) is 24.0 Å². The van der Waals surface area contributed by atoms with E-state index in [0.29, 0.717) is 18.7 Å². The first-order valence-corrected chi connectivity index (χ1v) is 21.4. The lowest BCUT2D eigenvalue weighted by molar-refractivity contribution is -0.150. The molecule has 1 heterocycles. The van der Waals surface area contributed by atoms with Crippen LogP contribution >= 0.6 is 0 Å². The van der Waals surface area contributed by atoms with Crippen LogP contribution in [-0.2, 0) is 51.5 Å². The molecule has 4 atom stereocenters. The van der Waals surface area contributed by atoms with Crippen molar-refractivity contribution in [3.63, 3.8) is 0 Å². The summed E-state index contributed by atoms with van der Waals surface area (Å²) in [6.07, 6.45) is 3.95. The molecule has 3 rings (SSSR count). The van der Waals surface area contributed by atoms with E-state index in [2.05, 4.69) is 26.6 Å². The normalized spacial score (nSPS) is 14.4. The van der Waals surface area contributed by atoms with Gasteiger partial charge in [0.2, 0.25) is 23.6 Å². The molecule has 5 N–H and O–H groups in total. The van der Waals surface area contributed by atoms with E-state index in [0.717, 1.165) is 44.1 Å². The molecule has 2 aromatic carbocycles. The number of benzene rings is 2. The monoisotopic (exact) mass is 834 g/mol. The van der Waals surface area contributed by atoms with Crippen molar-refractivity contribution in [3.05, 3.63) is 71.8 Å². The maximum absolute atomic E-state index is 14.2. The zero-order valence-corrected chi connectivity index (χ0v) is 36.1. The van der Waals surface area contributed by atoms with Crippen molar-refractivity contribution in [2.45, 2.75) is 143 Å². The van der Waals surface area contributed by atoms with Gasteiger partial charge in [-0.05, 0) is 55.1 Å². The third kappa shape index (κ3) is 17.4. The molecule has 0 unspecified atom stereocenters. The number of nitrogens with zero attached hydrogens (tertiary/aromatic N) is 1. The fraction of sp³-hybridized carbons (Fsp3) is 0.578. The van der Waals surface area contributed by atoms with E-state index in [-0.39, 0.29) is 37.5 Å². The molecule has 1 aliphatic rings. The average molecular weight is 835 g/mol. The van der Waals surface area contributed by atoms with Crippen LogP contribution in [0.1, 0.15) is 110 Å². The van der Waals surface area contributed by atoms with E-state index in [1.165, 1.54) is 0 Å². The van der Waals surface area contributed by atoms with E-state index in [4.69, 9.17) is 9.47 Å². The van der Waals surface area contributed by atoms with Crippen LogP contribution in [0.4, 0.5) is 4.79 Å². The van der Waals surface area contributed by atoms with Crippen LogP contribution in [0.15, 0.2) is 60.7 Å². The summed E-state index contributed by atoms with van der Waals surface area (Å²) in [5, 5.41) is 13.6. The fourth-order valence-electron chi connectivity index (χ4n) is 6.86. The number of urea groups is 1. The number of carbonyl (C=O) groups is 7. The van der Waals surface area contributed by atoms with Gasteiger partial charge in [0.05, 0.1) is 12.8 Å². The van der Waals surface area contributed by atoms with Crippen LogP contribution in [0.5, 0.6) is 0 Å². The van der Waals surface area contributed by atoms with Crippen LogP contribution in [0, 0.1) is 11.8 Å². The average Bonchev–Trinajstić information content (AvgIpc) is 3.77. The van der Waals surface area contributed by atoms with Crippen molar-refractivity contribution in [2.75, 3.05) is 13.1 Å². The number of hydrogen-bond acceptors (Lipinski definition) is 9. The number of ether oxygens (including phenoxy) is 2. The Morgan fingerprint density at radius 1 is 0.617 bits per heavy atom. The first-order chi connectivity index (χ1) is 28.7. The van der Waals surface area contributed by atoms with Crippen molar-refractivity contribution in [1.82, 2.24) is 31.5 Å².